The van der Waals surface area contributed by atoms with Gasteiger partial charge in [-0.1, -0.05) is 18.2 Å². The van der Waals surface area contributed by atoms with Crippen LogP contribution in [0, 0.1) is 5.92 Å². The van der Waals surface area contributed by atoms with Gasteiger partial charge in [0, 0.05) is 25.2 Å². The van der Waals surface area contributed by atoms with E-state index in [4.69, 9.17) is 5.14 Å². The van der Waals surface area contributed by atoms with Crippen LogP contribution in [0.3, 0.4) is 0 Å². The molecule has 1 aliphatic rings. The van der Waals surface area contributed by atoms with Crippen LogP contribution in [-0.4, -0.2) is 38.3 Å². The summed E-state index contributed by atoms with van der Waals surface area (Å²) in [6.45, 7) is 1.54. The number of nitrogens with two attached hydrogens (primary N) is 1. The van der Waals surface area contributed by atoms with Crippen LogP contribution < -0.4 is 10.5 Å². The molecule has 1 saturated heterocycles. The molecule has 21 heavy (non-hydrogen) atoms. The standard InChI is InChI=1S/C14H21N3O3S/c15-21(19,20)17-10-7-12(8-11-17)6-9-16-14(18)13-4-2-1-3-5-13/h1-5,12H,6-11H2,(H,16,18)(H2,15,19,20). The third-order valence-electron chi connectivity index (χ3n) is 3.81. The van der Waals surface area contributed by atoms with Gasteiger partial charge in [-0.15, -0.1) is 0 Å². The Morgan fingerprint density at radius 1 is 1.24 bits per heavy atom. The minimum atomic E-state index is -3.56. The van der Waals surface area contributed by atoms with Crippen LogP contribution in [-0.2, 0) is 10.2 Å². The van der Waals surface area contributed by atoms with Crippen molar-refractivity contribution >= 4 is 16.1 Å². The van der Waals surface area contributed by atoms with Crippen LogP contribution >= 0.6 is 0 Å². The summed E-state index contributed by atoms with van der Waals surface area (Å²) in [5.41, 5.74) is 0.654. The third-order valence-corrected chi connectivity index (χ3v) is 4.89. The Bertz CT molecular complexity index is 566. The van der Waals surface area contributed by atoms with E-state index >= 15 is 0 Å². The largest absolute Gasteiger partial charge is 0.352 e. The van der Waals surface area contributed by atoms with E-state index in [0.29, 0.717) is 31.1 Å². The summed E-state index contributed by atoms with van der Waals surface area (Å²) < 4.78 is 23.7. The van der Waals surface area contributed by atoms with Crippen LogP contribution in [0.4, 0.5) is 0 Å². The summed E-state index contributed by atoms with van der Waals surface area (Å²) in [5, 5.41) is 7.99. The molecule has 0 radical (unpaired) electrons. The van der Waals surface area contributed by atoms with Gasteiger partial charge in [0.2, 0.25) is 0 Å². The van der Waals surface area contributed by atoms with Crippen LogP contribution in [0.2, 0.25) is 0 Å². The van der Waals surface area contributed by atoms with Gasteiger partial charge in [0.1, 0.15) is 0 Å². The van der Waals surface area contributed by atoms with Crippen LogP contribution in [0.25, 0.3) is 0 Å². The summed E-state index contributed by atoms with van der Waals surface area (Å²) in [7, 11) is -3.56. The van der Waals surface area contributed by atoms with Crippen molar-refractivity contribution in [1.82, 2.24) is 9.62 Å². The van der Waals surface area contributed by atoms with Crippen LogP contribution in [0.1, 0.15) is 29.6 Å². The van der Waals surface area contributed by atoms with Gasteiger partial charge in [-0.3, -0.25) is 4.79 Å². The number of carbonyl (C=O) groups is 1. The monoisotopic (exact) mass is 311 g/mol. The number of carbonyl (C=O) groups excluding carboxylic acids is 1. The number of amides is 1. The minimum Gasteiger partial charge on any atom is -0.352 e. The molecule has 1 aliphatic heterocycles. The molecule has 0 bridgehead atoms. The van der Waals surface area contributed by atoms with Gasteiger partial charge >= 0.3 is 0 Å². The highest BCUT2D eigenvalue weighted by atomic mass is 32.2. The fraction of sp³-hybridized carbons (Fsp3) is 0.500. The normalized spacial score (nSPS) is 17.6. The number of benzene rings is 1. The Balaban J connectivity index is 1.70. The van der Waals surface area contributed by atoms with Crippen molar-refractivity contribution in [2.75, 3.05) is 19.6 Å². The van der Waals surface area contributed by atoms with Gasteiger partial charge in [0.15, 0.2) is 0 Å². The van der Waals surface area contributed by atoms with E-state index in [1.807, 2.05) is 18.2 Å². The number of nitrogens with one attached hydrogen (secondary N) is 1. The molecule has 1 heterocycles. The number of hydrogen-bond donors (Lipinski definition) is 2. The zero-order chi connectivity index (χ0) is 15.3. The van der Waals surface area contributed by atoms with E-state index in [-0.39, 0.29) is 5.91 Å². The zero-order valence-corrected chi connectivity index (χ0v) is 12.7. The first-order valence-corrected chi connectivity index (χ1v) is 8.58. The first-order valence-electron chi connectivity index (χ1n) is 7.08. The van der Waals surface area contributed by atoms with Gasteiger partial charge in [-0.05, 0) is 37.3 Å². The summed E-state index contributed by atoms with van der Waals surface area (Å²) in [4.78, 5) is 11.9. The van der Waals surface area contributed by atoms with Gasteiger partial charge < -0.3 is 5.32 Å². The highest BCUT2D eigenvalue weighted by Crippen LogP contribution is 2.20. The van der Waals surface area contributed by atoms with E-state index in [0.717, 1.165) is 19.3 Å². The molecule has 116 valence electrons. The molecule has 0 unspecified atom stereocenters. The molecule has 2 rings (SSSR count). The Kier molecular flexibility index (Phi) is 5.33. The Hall–Kier alpha value is -1.44. The molecule has 1 fully saturated rings. The lowest BCUT2D eigenvalue weighted by atomic mass is 9.95. The molecule has 0 saturated carbocycles. The van der Waals surface area contributed by atoms with Crippen molar-refractivity contribution in [1.29, 1.82) is 0 Å². The average Bonchev–Trinajstić information content (AvgIpc) is 2.47. The molecule has 0 aliphatic carbocycles. The average molecular weight is 311 g/mol. The molecule has 0 spiro atoms. The molecule has 0 atom stereocenters. The predicted molar refractivity (Wildman–Crippen MR) is 80.8 cm³/mol. The quantitative estimate of drug-likeness (QED) is 0.839. The molecule has 1 amide bonds. The van der Waals surface area contributed by atoms with Crippen LogP contribution in [0.5, 0.6) is 0 Å². The summed E-state index contributed by atoms with van der Waals surface area (Å²) in [5.74, 6) is 0.358. The van der Waals surface area contributed by atoms with E-state index in [2.05, 4.69) is 5.32 Å². The third kappa shape index (κ3) is 4.80. The Labute approximate surface area is 125 Å². The number of rotatable bonds is 5. The Morgan fingerprint density at radius 3 is 2.43 bits per heavy atom. The van der Waals surface area contributed by atoms with E-state index in [1.165, 1.54) is 4.31 Å². The SMILES string of the molecule is NS(=O)(=O)N1CCC(CCNC(=O)c2ccccc2)CC1. The lowest BCUT2D eigenvalue weighted by Crippen LogP contribution is -2.42. The number of nitrogens with zero attached hydrogens (tertiary/aromatic N) is 1. The smallest absolute Gasteiger partial charge is 0.276 e. The van der Waals surface area contributed by atoms with Crippen molar-refractivity contribution in [3.63, 3.8) is 0 Å². The molecule has 1 aromatic rings. The highest BCUT2D eigenvalue weighted by Gasteiger charge is 2.25. The van der Waals surface area contributed by atoms with Gasteiger partial charge in [-0.25, -0.2) is 5.14 Å². The van der Waals surface area contributed by atoms with E-state index in [9.17, 15) is 13.2 Å². The van der Waals surface area contributed by atoms with Crippen molar-refractivity contribution in [3.8, 4) is 0 Å². The fourth-order valence-electron chi connectivity index (χ4n) is 2.53. The number of piperidine rings is 1. The summed E-state index contributed by atoms with van der Waals surface area (Å²) in [6.07, 6.45) is 2.44. The molecular formula is C14H21N3O3S. The molecule has 7 heteroatoms. The lowest BCUT2D eigenvalue weighted by Gasteiger charge is -2.29. The maximum atomic E-state index is 11.9. The first kappa shape index (κ1) is 15.9. The van der Waals surface area contributed by atoms with Gasteiger partial charge in [-0.2, -0.15) is 12.7 Å². The first-order chi connectivity index (χ1) is 9.97. The Morgan fingerprint density at radius 2 is 1.86 bits per heavy atom. The topological polar surface area (TPSA) is 92.5 Å². The molecule has 0 aromatic heterocycles. The molecular weight excluding hydrogens is 290 g/mol. The second-order valence-corrected chi connectivity index (χ2v) is 6.84. The minimum absolute atomic E-state index is 0.0717. The lowest BCUT2D eigenvalue weighted by molar-refractivity contribution is 0.0950. The molecule has 6 nitrogen and oxygen atoms in total. The summed E-state index contributed by atoms with van der Waals surface area (Å²) in [6, 6.07) is 9.09. The van der Waals surface area contributed by atoms with Crippen molar-refractivity contribution in [3.05, 3.63) is 35.9 Å². The van der Waals surface area contributed by atoms with Gasteiger partial charge in [0.05, 0.1) is 0 Å². The fourth-order valence-corrected chi connectivity index (χ4v) is 3.25. The highest BCUT2D eigenvalue weighted by molar-refractivity contribution is 7.86. The molecule has 3 N–H and O–H groups in total. The maximum Gasteiger partial charge on any atom is 0.276 e. The van der Waals surface area contributed by atoms with Crippen molar-refractivity contribution in [2.45, 2.75) is 19.3 Å². The van der Waals surface area contributed by atoms with Gasteiger partial charge in [0.25, 0.3) is 16.1 Å². The number of hydrogen-bond acceptors (Lipinski definition) is 3. The second-order valence-electron chi connectivity index (χ2n) is 5.30. The van der Waals surface area contributed by atoms with E-state index < -0.39 is 10.2 Å². The van der Waals surface area contributed by atoms with E-state index in [1.54, 1.807) is 12.1 Å². The predicted octanol–water partition coefficient (Wildman–Crippen LogP) is 0.722. The zero-order valence-electron chi connectivity index (χ0n) is 11.9. The summed E-state index contributed by atoms with van der Waals surface area (Å²) >= 11 is 0. The van der Waals surface area contributed by atoms with Crippen LogP contribution in [0.15, 0.2) is 30.3 Å². The van der Waals surface area contributed by atoms with Crippen molar-refractivity contribution < 1.29 is 13.2 Å². The molecule has 1 aromatic carbocycles. The second kappa shape index (κ2) is 7.02. The van der Waals surface area contributed by atoms with Crippen molar-refractivity contribution in [2.24, 2.45) is 11.1 Å². The maximum absolute atomic E-state index is 11.9.